The molecule has 30 heavy (non-hydrogen) atoms. The zero-order chi connectivity index (χ0) is 21.9. The maximum Gasteiger partial charge on any atom is 0.251 e. The Hall–Kier alpha value is -1.49. The summed E-state index contributed by atoms with van der Waals surface area (Å²) in [5.74, 6) is -0.114. The Morgan fingerprint density at radius 1 is 1.07 bits per heavy atom. The van der Waals surface area contributed by atoms with Gasteiger partial charge in [0.2, 0.25) is 20.0 Å². The first-order valence-corrected chi connectivity index (χ1v) is 13.7. The topological polar surface area (TPSA) is 104 Å². The molecule has 1 aromatic rings. The van der Waals surface area contributed by atoms with Crippen LogP contribution in [0, 0.1) is 5.92 Å². The van der Waals surface area contributed by atoms with E-state index in [0.29, 0.717) is 44.6 Å². The van der Waals surface area contributed by atoms with Crippen LogP contribution in [0.3, 0.4) is 0 Å². The van der Waals surface area contributed by atoms with Crippen LogP contribution in [0.15, 0.2) is 29.2 Å². The lowest BCUT2D eigenvalue weighted by Gasteiger charge is -2.32. The van der Waals surface area contributed by atoms with Crippen LogP contribution in [0.25, 0.3) is 0 Å². The molecule has 0 aliphatic carbocycles. The van der Waals surface area contributed by atoms with Gasteiger partial charge in [0.25, 0.3) is 5.91 Å². The minimum absolute atomic E-state index is 0.0426. The highest BCUT2D eigenvalue weighted by molar-refractivity contribution is 7.89. The third-order valence-corrected chi connectivity index (χ3v) is 9.35. The highest BCUT2D eigenvalue weighted by atomic mass is 32.2. The second-order valence-electron chi connectivity index (χ2n) is 8.30. The Labute approximate surface area is 179 Å². The molecule has 1 amide bonds. The van der Waals surface area contributed by atoms with Crippen LogP contribution in [-0.4, -0.2) is 69.8 Å². The summed E-state index contributed by atoms with van der Waals surface area (Å²) in [5.41, 5.74) is 0.314. The molecule has 3 rings (SSSR count). The predicted octanol–water partition coefficient (Wildman–Crippen LogP) is 1.65. The molecule has 0 radical (unpaired) electrons. The minimum atomic E-state index is -3.63. The normalized spacial score (nSPS) is 22.7. The van der Waals surface area contributed by atoms with Crippen molar-refractivity contribution >= 4 is 26.0 Å². The molecule has 168 valence electrons. The number of rotatable bonds is 6. The van der Waals surface area contributed by atoms with Gasteiger partial charge in [-0.15, -0.1) is 0 Å². The number of carbonyl (C=O) groups excluding carboxylic acids is 1. The summed E-state index contributed by atoms with van der Waals surface area (Å²) in [6.07, 6.45) is 5.31. The number of carbonyl (C=O) groups is 1. The van der Waals surface area contributed by atoms with E-state index < -0.39 is 20.0 Å². The molecule has 0 saturated carbocycles. The Balaban J connectivity index is 1.61. The number of hydrogen-bond acceptors (Lipinski definition) is 5. The quantitative estimate of drug-likeness (QED) is 0.700. The lowest BCUT2D eigenvalue weighted by Crippen LogP contribution is -2.42. The minimum Gasteiger partial charge on any atom is -0.352 e. The SMILES string of the molecule is CC1CCCCN1S(=O)(=O)c1cccc(C(=O)NCC2CCN(S(C)(=O)=O)CC2)c1. The summed E-state index contributed by atoms with van der Waals surface area (Å²) < 4.78 is 52.2. The van der Waals surface area contributed by atoms with Gasteiger partial charge in [-0.2, -0.15) is 4.31 Å². The lowest BCUT2D eigenvalue weighted by molar-refractivity contribution is 0.0941. The van der Waals surface area contributed by atoms with E-state index in [1.54, 1.807) is 12.1 Å². The van der Waals surface area contributed by atoms with Crippen LogP contribution in [0.2, 0.25) is 0 Å². The van der Waals surface area contributed by atoms with Gasteiger partial charge in [0.1, 0.15) is 0 Å². The van der Waals surface area contributed by atoms with Gasteiger partial charge in [0.05, 0.1) is 11.2 Å². The van der Waals surface area contributed by atoms with E-state index in [4.69, 9.17) is 0 Å². The third kappa shape index (κ3) is 5.40. The molecule has 1 N–H and O–H groups in total. The number of nitrogens with zero attached hydrogens (tertiary/aromatic N) is 2. The van der Waals surface area contributed by atoms with Gasteiger partial charge in [0.15, 0.2) is 0 Å². The fraction of sp³-hybridized carbons (Fsp3) is 0.650. The average molecular weight is 458 g/mol. The number of piperidine rings is 2. The largest absolute Gasteiger partial charge is 0.352 e. The molecule has 0 aromatic heterocycles. The molecule has 2 aliphatic rings. The van der Waals surface area contributed by atoms with Crippen molar-refractivity contribution in [2.75, 3.05) is 32.4 Å². The van der Waals surface area contributed by atoms with E-state index in [1.165, 1.54) is 27.0 Å². The first-order chi connectivity index (χ1) is 14.1. The second-order valence-corrected chi connectivity index (χ2v) is 12.2. The van der Waals surface area contributed by atoms with Crippen molar-refractivity contribution < 1.29 is 21.6 Å². The second kappa shape index (κ2) is 9.33. The van der Waals surface area contributed by atoms with Crippen LogP contribution < -0.4 is 5.32 Å². The Bertz CT molecular complexity index is 970. The molecular weight excluding hydrogens is 426 g/mol. The Morgan fingerprint density at radius 3 is 2.40 bits per heavy atom. The van der Waals surface area contributed by atoms with E-state index >= 15 is 0 Å². The summed E-state index contributed by atoms with van der Waals surface area (Å²) in [6.45, 7) is 3.78. The van der Waals surface area contributed by atoms with Gasteiger partial charge in [-0.05, 0) is 56.7 Å². The molecule has 2 aliphatic heterocycles. The maximum atomic E-state index is 13.0. The van der Waals surface area contributed by atoms with Crippen molar-refractivity contribution in [1.29, 1.82) is 0 Å². The Morgan fingerprint density at radius 2 is 1.77 bits per heavy atom. The van der Waals surface area contributed by atoms with E-state index in [-0.39, 0.29) is 22.8 Å². The van der Waals surface area contributed by atoms with Gasteiger partial charge >= 0.3 is 0 Å². The molecule has 1 aromatic carbocycles. The van der Waals surface area contributed by atoms with Crippen molar-refractivity contribution in [3.8, 4) is 0 Å². The van der Waals surface area contributed by atoms with Gasteiger partial charge < -0.3 is 5.32 Å². The lowest BCUT2D eigenvalue weighted by atomic mass is 9.98. The van der Waals surface area contributed by atoms with Crippen molar-refractivity contribution in [1.82, 2.24) is 13.9 Å². The molecule has 8 nitrogen and oxygen atoms in total. The summed E-state index contributed by atoms with van der Waals surface area (Å²) in [5, 5.41) is 2.87. The molecule has 2 heterocycles. The highest BCUT2D eigenvalue weighted by Gasteiger charge is 2.31. The third-order valence-electron chi connectivity index (χ3n) is 6.04. The average Bonchev–Trinajstić information content (AvgIpc) is 2.72. The monoisotopic (exact) mass is 457 g/mol. The molecule has 1 atom stereocenters. The molecule has 0 bridgehead atoms. The van der Waals surface area contributed by atoms with Gasteiger partial charge in [-0.25, -0.2) is 21.1 Å². The first kappa shape index (κ1) is 23.2. The number of hydrogen-bond donors (Lipinski definition) is 1. The summed E-state index contributed by atoms with van der Waals surface area (Å²) in [6, 6.07) is 6.15. The number of nitrogens with one attached hydrogen (secondary N) is 1. The zero-order valence-corrected chi connectivity index (χ0v) is 19.2. The van der Waals surface area contributed by atoms with Gasteiger partial charge in [-0.3, -0.25) is 4.79 Å². The van der Waals surface area contributed by atoms with Crippen molar-refractivity contribution in [2.24, 2.45) is 5.92 Å². The highest BCUT2D eigenvalue weighted by Crippen LogP contribution is 2.25. The van der Waals surface area contributed by atoms with E-state index in [9.17, 15) is 21.6 Å². The number of sulfonamides is 2. The van der Waals surface area contributed by atoms with Crippen molar-refractivity contribution in [2.45, 2.75) is 50.0 Å². The maximum absolute atomic E-state index is 13.0. The van der Waals surface area contributed by atoms with Crippen LogP contribution in [-0.2, 0) is 20.0 Å². The summed E-state index contributed by atoms with van der Waals surface area (Å²) in [7, 11) is -6.80. The fourth-order valence-corrected chi connectivity index (χ4v) is 6.77. The van der Waals surface area contributed by atoms with E-state index in [2.05, 4.69) is 5.32 Å². The molecule has 0 spiro atoms. The van der Waals surface area contributed by atoms with Gasteiger partial charge in [0, 0.05) is 37.8 Å². The van der Waals surface area contributed by atoms with E-state index in [1.807, 2.05) is 6.92 Å². The number of amides is 1. The standard InChI is InChI=1S/C20H31N3O5S2/c1-16-6-3-4-11-23(16)30(27,28)19-8-5-7-18(14-19)20(24)21-15-17-9-12-22(13-10-17)29(2,25)26/h5,7-8,14,16-17H,3-4,6,9-13,15H2,1-2H3,(H,21,24). The smallest absolute Gasteiger partial charge is 0.251 e. The molecule has 2 saturated heterocycles. The Kier molecular flexibility index (Phi) is 7.21. The molecule has 2 fully saturated rings. The summed E-state index contributed by atoms with van der Waals surface area (Å²) >= 11 is 0. The van der Waals surface area contributed by atoms with Crippen LogP contribution >= 0.6 is 0 Å². The zero-order valence-electron chi connectivity index (χ0n) is 17.6. The van der Waals surface area contributed by atoms with Crippen molar-refractivity contribution in [3.63, 3.8) is 0 Å². The van der Waals surface area contributed by atoms with Crippen LogP contribution in [0.1, 0.15) is 49.4 Å². The number of benzene rings is 1. The molecule has 10 heteroatoms. The van der Waals surface area contributed by atoms with Crippen LogP contribution in [0.4, 0.5) is 0 Å². The molecular formula is C20H31N3O5S2. The van der Waals surface area contributed by atoms with Crippen LogP contribution in [0.5, 0.6) is 0 Å². The van der Waals surface area contributed by atoms with E-state index in [0.717, 1.165) is 19.3 Å². The molecule has 1 unspecified atom stereocenters. The first-order valence-electron chi connectivity index (χ1n) is 10.4. The predicted molar refractivity (Wildman–Crippen MR) is 115 cm³/mol. The fourth-order valence-electron chi connectivity index (χ4n) is 4.15. The van der Waals surface area contributed by atoms with Gasteiger partial charge in [-0.1, -0.05) is 12.5 Å². The van der Waals surface area contributed by atoms with Crippen molar-refractivity contribution in [3.05, 3.63) is 29.8 Å². The summed E-state index contributed by atoms with van der Waals surface area (Å²) in [4.78, 5) is 12.7.